The van der Waals surface area contributed by atoms with Crippen molar-refractivity contribution in [3.63, 3.8) is 0 Å². The summed E-state index contributed by atoms with van der Waals surface area (Å²) >= 11 is 2.25. The van der Waals surface area contributed by atoms with Crippen molar-refractivity contribution in [1.29, 1.82) is 0 Å². The summed E-state index contributed by atoms with van der Waals surface area (Å²) in [6, 6.07) is 14.0. The van der Waals surface area contributed by atoms with Gasteiger partial charge in [-0.3, -0.25) is 24.6 Å². The Morgan fingerprint density at radius 2 is 1.87 bits per heavy atom. The third-order valence-electron chi connectivity index (χ3n) is 4.50. The fourth-order valence-corrected chi connectivity index (χ4v) is 4.25. The number of rotatable bonds is 6. The number of imide groups is 1. The second kappa shape index (κ2) is 9.15. The molecule has 0 aliphatic carbocycles. The van der Waals surface area contributed by atoms with Gasteiger partial charge in [-0.1, -0.05) is 24.3 Å². The van der Waals surface area contributed by atoms with Crippen LogP contribution in [0.1, 0.15) is 21.5 Å². The highest BCUT2D eigenvalue weighted by atomic mass is 32.2. The summed E-state index contributed by atoms with van der Waals surface area (Å²) in [4.78, 5) is 42.9. The lowest BCUT2D eigenvalue weighted by molar-refractivity contribution is -0.123. The van der Waals surface area contributed by atoms with Crippen LogP contribution >= 0.6 is 23.1 Å². The summed E-state index contributed by atoms with van der Waals surface area (Å²) in [5, 5.41) is 4.69. The summed E-state index contributed by atoms with van der Waals surface area (Å²) in [7, 11) is 1.58. The van der Waals surface area contributed by atoms with Gasteiger partial charge in [0.15, 0.2) is 5.13 Å². The molecule has 1 fully saturated rings. The molecule has 0 bridgehead atoms. The van der Waals surface area contributed by atoms with Crippen molar-refractivity contribution < 1.29 is 19.1 Å². The fourth-order valence-electron chi connectivity index (χ4n) is 2.89. The van der Waals surface area contributed by atoms with Gasteiger partial charge in [-0.05, 0) is 53.2 Å². The minimum Gasteiger partial charge on any atom is -0.497 e. The number of methoxy groups -OCH3 is 1. The predicted octanol–water partition coefficient (Wildman–Crippen LogP) is 4.64. The zero-order chi connectivity index (χ0) is 21.8. The van der Waals surface area contributed by atoms with Crippen LogP contribution < -0.4 is 10.1 Å². The molecule has 4 rings (SSSR count). The lowest BCUT2D eigenvalue weighted by Crippen LogP contribution is -2.27. The number of thiazole rings is 1. The molecule has 0 unspecified atom stereocenters. The van der Waals surface area contributed by atoms with E-state index in [1.165, 1.54) is 16.2 Å². The quantitative estimate of drug-likeness (QED) is 0.549. The molecule has 7 nitrogen and oxygen atoms in total. The van der Waals surface area contributed by atoms with E-state index in [0.29, 0.717) is 21.3 Å². The molecular formula is C22H17N3O4S2. The SMILES string of the molecule is COc1ccc(/C=C2\SC(=O)N(Cc3ccc(C(=O)Nc4nccs4)cc3)C2=O)cc1. The molecule has 3 aromatic rings. The lowest BCUT2D eigenvalue weighted by Gasteiger charge is -2.12. The van der Waals surface area contributed by atoms with Crippen LogP contribution in [0.15, 0.2) is 65.0 Å². The topological polar surface area (TPSA) is 88.6 Å². The van der Waals surface area contributed by atoms with Crippen LogP contribution in [0.2, 0.25) is 0 Å². The first-order valence-electron chi connectivity index (χ1n) is 9.23. The van der Waals surface area contributed by atoms with Crippen LogP contribution in [0.25, 0.3) is 6.08 Å². The molecule has 1 saturated heterocycles. The fraction of sp³-hybridized carbons (Fsp3) is 0.0909. The molecular weight excluding hydrogens is 434 g/mol. The average Bonchev–Trinajstić information content (AvgIpc) is 3.38. The van der Waals surface area contributed by atoms with Crippen LogP contribution in [-0.2, 0) is 11.3 Å². The molecule has 1 aliphatic heterocycles. The highest BCUT2D eigenvalue weighted by Crippen LogP contribution is 2.33. The van der Waals surface area contributed by atoms with Crippen molar-refractivity contribution in [3.05, 3.63) is 81.7 Å². The third kappa shape index (κ3) is 4.84. The Labute approximate surface area is 186 Å². The van der Waals surface area contributed by atoms with Crippen molar-refractivity contribution >= 4 is 51.4 Å². The van der Waals surface area contributed by atoms with Gasteiger partial charge < -0.3 is 4.74 Å². The van der Waals surface area contributed by atoms with Gasteiger partial charge in [-0.2, -0.15) is 0 Å². The van der Waals surface area contributed by atoms with Crippen LogP contribution in [0.3, 0.4) is 0 Å². The molecule has 1 aliphatic rings. The molecule has 0 radical (unpaired) electrons. The van der Waals surface area contributed by atoms with Crippen LogP contribution in [0.4, 0.5) is 9.93 Å². The zero-order valence-electron chi connectivity index (χ0n) is 16.4. The van der Waals surface area contributed by atoms with Crippen molar-refractivity contribution in [3.8, 4) is 5.75 Å². The summed E-state index contributed by atoms with van der Waals surface area (Å²) in [6.07, 6.45) is 3.30. The maximum Gasteiger partial charge on any atom is 0.293 e. The number of carbonyl (C=O) groups is 3. The van der Waals surface area contributed by atoms with Gasteiger partial charge in [-0.15, -0.1) is 11.3 Å². The normalized spacial score (nSPS) is 14.9. The van der Waals surface area contributed by atoms with Crippen molar-refractivity contribution in [2.75, 3.05) is 12.4 Å². The van der Waals surface area contributed by atoms with Crippen molar-refractivity contribution in [2.24, 2.45) is 0 Å². The number of amides is 3. The summed E-state index contributed by atoms with van der Waals surface area (Å²) in [6.45, 7) is 0.138. The van der Waals surface area contributed by atoms with E-state index in [0.717, 1.165) is 22.9 Å². The van der Waals surface area contributed by atoms with Gasteiger partial charge in [0, 0.05) is 17.1 Å². The number of ether oxygens (including phenoxy) is 1. The second-order valence-electron chi connectivity index (χ2n) is 6.53. The van der Waals surface area contributed by atoms with Crippen LogP contribution in [0, 0.1) is 0 Å². The van der Waals surface area contributed by atoms with Crippen LogP contribution in [0.5, 0.6) is 5.75 Å². The van der Waals surface area contributed by atoms with E-state index in [4.69, 9.17) is 4.74 Å². The molecule has 2 heterocycles. The minimum atomic E-state index is -0.337. The Balaban J connectivity index is 1.42. The van der Waals surface area contributed by atoms with E-state index in [9.17, 15) is 14.4 Å². The number of benzene rings is 2. The highest BCUT2D eigenvalue weighted by molar-refractivity contribution is 8.18. The molecule has 9 heteroatoms. The highest BCUT2D eigenvalue weighted by Gasteiger charge is 2.35. The monoisotopic (exact) mass is 451 g/mol. The third-order valence-corrected chi connectivity index (χ3v) is 6.09. The number of anilines is 1. The maximum atomic E-state index is 12.7. The summed E-state index contributed by atoms with van der Waals surface area (Å²) in [5.41, 5.74) is 2.02. The second-order valence-corrected chi connectivity index (χ2v) is 8.42. The van der Waals surface area contributed by atoms with Gasteiger partial charge in [0.1, 0.15) is 5.75 Å². The zero-order valence-corrected chi connectivity index (χ0v) is 18.0. The van der Waals surface area contributed by atoms with Gasteiger partial charge in [0.2, 0.25) is 0 Å². The minimum absolute atomic E-state index is 0.138. The number of hydrogen-bond donors (Lipinski definition) is 1. The predicted molar refractivity (Wildman–Crippen MR) is 121 cm³/mol. The summed E-state index contributed by atoms with van der Waals surface area (Å²) in [5.74, 6) is 0.112. The number of nitrogens with zero attached hydrogens (tertiary/aromatic N) is 2. The number of thioether (sulfide) groups is 1. The Bertz CT molecular complexity index is 1140. The van der Waals surface area contributed by atoms with E-state index >= 15 is 0 Å². The molecule has 156 valence electrons. The molecule has 1 N–H and O–H groups in total. The number of hydrogen-bond acceptors (Lipinski definition) is 7. The molecule has 0 saturated carbocycles. The lowest BCUT2D eigenvalue weighted by atomic mass is 10.1. The molecule has 0 atom stereocenters. The molecule has 0 spiro atoms. The first-order chi connectivity index (χ1) is 15.0. The maximum absolute atomic E-state index is 12.7. The van der Waals surface area contributed by atoms with E-state index in [1.807, 2.05) is 12.1 Å². The van der Waals surface area contributed by atoms with Crippen LogP contribution in [-0.4, -0.2) is 34.0 Å². The smallest absolute Gasteiger partial charge is 0.293 e. The van der Waals surface area contributed by atoms with E-state index in [2.05, 4.69) is 10.3 Å². The first-order valence-corrected chi connectivity index (χ1v) is 10.9. The number of carbonyl (C=O) groups excluding carboxylic acids is 3. The Hall–Kier alpha value is -3.43. The Morgan fingerprint density at radius 3 is 2.52 bits per heavy atom. The van der Waals surface area contributed by atoms with Gasteiger partial charge >= 0.3 is 0 Å². The Kier molecular flexibility index (Phi) is 6.15. The van der Waals surface area contributed by atoms with Crippen molar-refractivity contribution in [2.45, 2.75) is 6.54 Å². The van der Waals surface area contributed by atoms with E-state index < -0.39 is 0 Å². The van der Waals surface area contributed by atoms with Crippen molar-refractivity contribution in [1.82, 2.24) is 9.88 Å². The molecule has 3 amide bonds. The van der Waals surface area contributed by atoms with Gasteiger partial charge in [-0.25, -0.2) is 4.98 Å². The van der Waals surface area contributed by atoms with Gasteiger partial charge in [0.25, 0.3) is 17.1 Å². The molecule has 31 heavy (non-hydrogen) atoms. The van der Waals surface area contributed by atoms with Gasteiger partial charge in [0.05, 0.1) is 18.6 Å². The Morgan fingerprint density at radius 1 is 1.13 bits per heavy atom. The average molecular weight is 452 g/mol. The molecule has 1 aromatic heterocycles. The first kappa shape index (κ1) is 20.8. The van der Waals surface area contributed by atoms with E-state index in [1.54, 1.807) is 61.2 Å². The molecule has 2 aromatic carbocycles. The number of nitrogens with one attached hydrogen (secondary N) is 1. The number of aromatic nitrogens is 1. The standard InChI is InChI=1S/C22H17N3O4S2/c1-29-17-8-4-14(5-9-17)12-18-20(27)25(22(28)31-18)13-15-2-6-16(7-3-15)19(26)24-21-23-10-11-30-21/h2-12H,13H2,1H3,(H,23,24,26)/b18-12-. The van der Waals surface area contributed by atoms with E-state index in [-0.39, 0.29) is 23.6 Å². The largest absolute Gasteiger partial charge is 0.497 e. The summed E-state index contributed by atoms with van der Waals surface area (Å²) < 4.78 is 5.13.